The second kappa shape index (κ2) is 7.67. The SMILES string of the molecule is COCCNC(=O)NCCCc1cc(C)no1. The number of nitrogens with zero attached hydrogens (tertiary/aromatic N) is 1. The molecule has 1 heterocycles. The maximum absolute atomic E-state index is 11.2. The Bertz CT molecular complexity index is 338. The predicted octanol–water partition coefficient (Wildman–Crippen LogP) is 0.861. The van der Waals surface area contributed by atoms with Gasteiger partial charge < -0.3 is 19.9 Å². The van der Waals surface area contributed by atoms with Gasteiger partial charge in [0.15, 0.2) is 0 Å². The number of rotatable bonds is 7. The summed E-state index contributed by atoms with van der Waals surface area (Å²) in [6.45, 7) is 3.53. The van der Waals surface area contributed by atoms with E-state index in [0.29, 0.717) is 19.7 Å². The number of nitrogens with one attached hydrogen (secondary N) is 2. The molecule has 0 bridgehead atoms. The lowest BCUT2D eigenvalue weighted by molar-refractivity contribution is 0.196. The Labute approximate surface area is 101 Å². The van der Waals surface area contributed by atoms with Crippen LogP contribution in [-0.4, -0.2) is 38.0 Å². The van der Waals surface area contributed by atoms with Crippen LogP contribution in [-0.2, 0) is 11.2 Å². The van der Waals surface area contributed by atoms with Gasteiger partial charge in [0.1, 0.15) is 5.76 Å². The number of aromatic nitrogens is 1. The molecule has 0 radical (unpaired) electrons. The van der Waals surface area contributed by atoms with E-state index in [1.54, 1.807) is 7.11 Å². The Balaban J connectivity index is 2.02. The molecule has 96 valence electrons. The summed E-state index contributed by atoms with van der Waals surface area (Å²) in [6.07, 6.45) is 1.60. The molecule has 0 atom stereocenters. The van der Waals surface area contributed by atoms with Gasteiger partial charge in [-0.1, -0.05) is 5.16 Å². The molecule has 0 aliphatic heterocycles. The Kier molecular flexibility index (Phi) is 6.09. The Hall–Kier alpha value is -1.56. The second-order valence-corrected chi connectivity index (χ2v) is 3.71. The zero-order valence-electron chi connectivity index (χ0n) is 10.3. The molecule has 0 aromatic carbocycles. The number of carbonyl (C=O) groups excluding carboxylic acids is 1. The van der Waals surface area contributed by atoms with Gasteiger partial charge in [-0.25, -0.2) is 4.79 Å². The van der Waals surface area contributed by atoms with E-state index in [-0.39, 0.29) is 6.03 Å². The number of carbonyl (C=O) groups is 1. The molecule has 0 unspecified atom stereocenters. The minimum atomic E-state index is -0.171. The van der Waals surface area contributed by atoms with Crippen LogP contribution in [0.4, 0.5) is 4.79 Å². The molecule has 0 saturated heterocycles. The first-order valence-electron chi connectivity index (χ1n) is 5.65. The highest BCUT2D eigenvalue weighted by Gasteiger charge is 2.01. The zero-order chi connectivity index (χ0) is 12.5. The summed E-state index contributed by atoms with van der Waals surface area (Å²) in [7, 11) is 1.60. The predicted molar refractivity (Wildman–Crippen MR) is 62.8 cm³/mol. The zero-order valence-corrected chi connectivity index (χ0v) is 10.3. The fourth-order valence-corrected chi connectivity index (χ4v) is 1.33. The van der Waals surface area contributed by atoms with Crippen LogP contribution in [0.1, 0.15) is 17.9 Å². The fraction of sp³-hybridized carbons (Fsp3) is 0.636. The molecule has 1 aromatic heterocycles. The highest BCUT2D eigenvalue weighted by molar-refractivity contribution is 5.73. The molecule has 1 rings (SSSR count). The van der Waals surface area contributed by atoms with Gasteiger partial charge in [0.05, 0.1) is 12.3 Å². The van der Waals surface area contributed by atoms with Crippen molar-refractivity contribution in [3.05, 3.63) is 17.5 Å². The highest BCUT2D eigenvalue weighted by atomic mass is 16.5. The third-order valence-electron chi connectivity index (χ3n) is 2.15. The number of ether oxygens (including phenoxy) is 1. The van der Waals surface area contributed by atoms with E-state index in [4.69, 9.17) is 9.26 Å². The third kappa shape index (κ3) is 5.91. The topological polar surface area (TPSA) is 76.4 Å². The van der Waals surface area contributed by atoms with Crippen LogP contribution < -0.4 is 10.6 Å². The van der Waals surface area contributed by atoms with Crippen LogP contribution in [0.25, 0.3) is 0 Å². The van der Waals surface area contributed by atoms with Crippen molar-refractivity contribution in [3.8, 4) is 0 Å². The monoisotopic (exact) mass is 241 g/mol. The number of aryl methyl sites for hydroxylation is 2. The van der Waals surface area contributed by atoms with Crippen LogP contribution in [0.5, 0.6) is 0 Å². The van der Waals surface area contributed by atoms with Crippen LogP contribution in [0.15, 0.2) is 10.6 Å². The van der Waals surface area contributed by atoms with Gasteiger partial charge in [0.2, 0.25) is 0 Å². The van der Waals surface area contributed by atoms with Crippen molar-refractivity contribution in [2.24, 2.45) is 0 Å². The standard InChI is InChI=1S/C11H19N3O3/c1-9-8-10(17-14-9)4-3-5-12-11(15)13-6-7-16-2/h8H,3-7H2,1-2H3,(H2,12,13,15). The van der Waals surface area contributed by atoms with Crippen molar-refractivity contribution in [3.63, 3.8) is 0 Å². The summed E-state index contributed by atoms with van der Waals surface area (Å²) in [5.74, 6) is 0.851. The minimum absolute atomic E-state index is 0.171. The van der Waals surface area contributed by atoms with Crippen molar-refractivity contribution in [2.75, 3.05) is 26.8 Å². The summed E-state index contributed by atoms with van der Waals surface area (Å²) in [4.78, 5) is 11.2. The van der Waals surface area contributed by atoms with Gasteiger partial charge in [0.25, 0.3) is 0 Å². The van der Waals surface area contributed by atoms with Gasteiger partial charge in [-0.05, 0) is 13.3 Å². The summed E-state index contributed by atoms with van der Waals surface area (Å²) < 4.78 is 9.87. The van der Waals surface area contributed by atoms with Gasteiger partial charge in [-0.2, -0.15) is 0 Å². The van der Waals surface area contributed by atoms with E-state index < -0.39 is 0 Å². The molecule has 6 heteroatoms. The lowest BCUT2D eigenvalue weighted by Gasteiger charge is -2.06. The van der Waals surface area contributed by atoms with E-state index in [0.717, 1.165) is 24.3 Å². The van der Waals surface area contributed by atoms with Crippen molar-refractivity contribution in [1.29, 1.82) is 0 Å². The lowest BCUT2D eigenvalue weighted by Crippen LogP contribution is -2.37. The molecule has 0 spiro atoms. The lowest BCUT2D eigenvalue weighted by atomic mass is 10.2. The Morgan fingerprint density at radius 3 is 2.88 bits per heavy atom. The summed E-state index contributed by atoms with van der Waals surface area (Å²) in [5.41, 5.74) is 0.880. The summed E-state index contributed by atoms with van der Waals surface area (Å²) >= 11 is 0. The first-order chi connectivity index (χ1) is 8.22. The van der Waals surface area contributed by atoms with Gasteiger partial charge >= 0.3 is 6.03 Å². The normalized spacial score (nSPS) is 10.2. The van der Waals surface area contributed by atoms with E-state index >= 15 is 0 Å². The molecule has 6 nitrogen and oxygen atoms in total. The molecule has 2 N–H and O–H groups in total. The molecule has 0 aliphatic rings. The third-order valence-corrected chi connectivity index (χ3v) is 2.15. The van der Waals surface area contributed by atoms with Crippen molar-refractivity contribution in [2.45, 2.75) is 19.8 Å². The van der Waals surface area contributed by atoms with E-state index in [1.165, 1.54) is 0 Å². The van der Waals surface area contributed by atoms with E-state index in [1.807, 2.05) is 13.0 Å². The molecule has 0 aliphatic carbocycles. The average Bonchev–Trinajstić information content (AvgIpc) is 2.71. The number of hydrogen-bond donors (Lipinski definition) is 2. The van der Waals surface area contributed by atoms with Gasteiger partial charge in [-0.3, -0.25) is 0 Å². The fourth-order valence-electron chi connectivity index (χ4n) is 1.33. The van der Waals surface area contributed by atoms with Crippen LogP contribution in [0.3, 0.4) is 0 Å². The Morgan fingerprint density at radius 2 is 2.24 bits per heavy atom. The molecular formula is C11H19N3O3. The van der Waals surface area contributed by atoms with Crippen molar-refractivity contribution in [1.82, 2.24) is 15.8 Å². The number of urea groups is 1. The van der Waals surface area contributed by atoms with Crippen LogP contribution >= 0.6 is 0 Å². The highest BCUT2D eigenvalue weighted by Crippen LogP contribution is 2.04. The maximum Gasteiger partial charge on any atom is 0.314 e. The van der Waals surface area contributed by atoms with E-state index in [9.17, 15) is 4.79 Å². The maximum atomic E-state index is 11.2. The largest absolute Gasteiger partial charge is 0.383 e. The molecule has 1 aromatic rings. The minimum Gasteiger partial charge on any atom is -0.383 e. The molecule has 2 amide bonds. The smallest absolute Gasteiger partial charge is 0.314 e. The first kappa shape index (κ1) is 13.5. The quantitative estimate of drug-likeness (QED) is 0.694. The Morgan fingerprint density at radius 1 is 1.47 bits per heavy atom. The molecule has 0 fully saturated rings. The van der Waals surface area contributed by atoms with Crippen LogP contribution in [0, 0.1) is 6.92 Å². The molecule has 0 saturated carbocycles. The van der Waals surface area contributed by atoms with Crippen molar-refractivity contribution < 1.29 is 14.1 Å². The van der Waals surface area contributed by atoms with Crippen LogP contribution in [0.2, 0.25) is 0 Å². The van der Waals surface area contributed by atoms with Crippen molar-refractivity contribution >= 4 is 6.03 Å². The summed E-state index contributed by atoms with van der Waals surface area (Å²) in [5, 5.41) is 9.22. The average molecular weight is 241 g/mol. The molecule has 17 heavy (non-hydrogen) atoms. The van der Waals surface area contributed by atoms with Gasteiger partial charge in [-0.15, -0.1) is 0 Å². The second-order valence-electron chi connectivity index (χ2n) is 3.71. The number of hydrogen-bond acceptors (Lipinski definition) is 4. The number of amides is 2. The first-order valence-corrected chi connectivity index (χ1v) is 5.65. The van der Waals surface area contributed by atoms with Gasteiger partial charge in [0, 0.05) is 32.7 Å². The molecular weight excluding hydrogens is 222 g/mol. The summed E-state index contributed by atoms with van der Waals surface area (Å²) in [6, 6.07) is 1.73. The van der Waals surface area contributed by atoms with E-state index in [2.05, 4.69) is 15.8 Å². The number of methoxy groups -OCH3 is 1.